The van der Waals surface area contributed by atoms with E-state index in [1.807, 2.05) is 6.07 Å². The molecule has 5 aromatic rings. The van der Waals surface area contributed by atoms with E-state index < -0.39 is 22.5 Å². The molecule has 240 valence electrons. The normalized spacial score (nSPS) is 25.7. The van der Waals surface area contributed by atoms with Crippen molar-refractivity contribution in [3.05, 3.63) is 155 Å². The summed E-state index contributed by atoms with van der Waals surface area (Å²) in [6, 6.07) is 44.7. The Balaban J connectivity index is 1.18. The standard InChI is InChI=1S/C42H40N4O2/c1-40(2)26-38(47)45(44(40)27-31-17-13-16-29-14-9-11-22-35(29)31)39(48)37-25-34-24-30-15-10-12-23-36(30)42(37)28-41(43-46(34)42,32-18-5-3-6-19-32)33-20-7-4-8-21-33/h3-23,34,37,43H,24-28H2,1-2H3/t34-,37+,42+/m0/s1. The maximum Gasteiger partial charge on any atom is 0.249 e. The molecule has 3 fully saturated rings. The zero-order valence-electron chi connectivity index (χ0n) is 27.5. The molecule has 0 saturated carbocycles. The smallest absolute Gasteiger partial charge is 0.249 e. The molecule has 48 heavy (non-hydrogen) atoms. The lowest BCUT2D eigenvalue weighted by Gasteiger charge is -2.44. The highest BCUT2D eigenvalue weighted by Gasteiger charge is 2.69. The number of nitrogens with zero attached hydrogens (tertiary/aromatic N) is 3. The van der Waals surface area contributed by atoms with Gasteiger partial charge >= 0.3 is 0 Å². The fourth-order valence-electron chi connectivity index (χ4n) is 9.53. The molecular weight excluding hydrogens is 592 g/mol. The van der Waals surface area contributed by atoms with Crippen molar-refractivity contribution < 1.29 is 9.59 Å². The Morgan fingerprint density at radius 3 is 2.19 bits per heavy atom. The van der Waals surface area contributed by atoms with E-state index in [-0.39, 0.29) is 17.9 Å². The Morgan fingerprint density at radius 2 is 1.44 bits per heavy atom. The molecule has 2 amide bonds. The van der Waals surface area contributed by atoms with Crippen LogP contribution in [0.1, 0.15) is 60.9 Å². The van der Waals surface area contributed by atoms with Gasteiger partial charge < -0.3 is 0 Å². The molecule has 0 spiro atoms. The maximum absolute atomic E-state index is 15.4. The number of hydrogen-bond acceptors (Lipinski definition) is 5. The summed E-state index contributed by atoms with van der Waals surface area (Å²) >= 11 is 0. The van der Waals surface area contributed by atoms with Crippen LogP contribution in [-0.4, -0.2) is 38.4 Å². The first-order valence-electron chi connectivity index (χ1n) is 17.2. The molecule has 5 aromatic carbocycles. The van der Waals surface area contributed by atoms with Gasteiger partial charge in [0, 0.05) is 24.5 Å². The van der Waals surface area contributed by atoms with Crippen LogP contribution in [0, 0.1) is 5.92 Å². The van der Waals surface area contributed by atoms with Crippen molar-refractivity contribution in [2.45, 2.75) is 68.7 Å². The Bertz CT molecular complexity index is 2020. The van der Waals surface area contributed by atoms with Gasteiger partial charge in [0.2, 0.25) is 11.8 Å². The second-order valence-electron chi connectivity index (χ2n) is 14.8. The zero-order valence-corrected chi connectivity index (χ0v) is 27.5. The third kappa shape index (κ3) is 4.16. The Morgan fingerprint density at radius 1 is 0.792 bits per heavy atom. The van der Waals surface area contributed by atoms with Crippen LogP contribution in [0.4, 0.5) is 0 Å². The summed E-state index contributed by atoms with van der Waals surface area (Å²) in [4.78, 5) is 29.5. The molecule has 6 nitrogen and oxygen atoms in total. The lowest BCUT2D eigenvalue weighted by atomic mass is 9.68. The summed E-state index contributed by atoms with van der Waals surface area (Å²) in [7, 11) is 0. The fraction of sp³-hybridized carbons (Fsp3) is 0.286. The molecule has 9 rings (SSSR count). The van der Waals surface area contributed by atoms with Crippen LogP contribution in [0.5, 0.6) is 0 Å². The van der Waals surface area contributed by atoms with Gasteiger partial charge in [0.25, 0.3) is 0 Å². The highest BCUT2D eigenvalue weighted by molar-refractivity contribution is 5.99. The molecule has 1 N–H and O–H groups in total. The van der Waals surface area contributed by atoms with Gasteiger partial charge in [-0.25, -0.2) is 20.5 Å². The van der Waals surface area contributed by atoms with Crippen LogP contribution in [0.2, 0.25) is 0 Å². The van der Waals surface area contributed by atoms with Gasteiger partial charge in [-0.05, 0) is 71.7 Å². The molecule has 6 heteroatoms. The average molecular weight is 633 g/mol. The first-order chi connectivity index (χ1) is 23.3. The number of hydrogen-bond donors (Lipinski definition) is 1. The number of amides is 2. The maximum atomic E-state index is 15.4. The van der Waals surface area contributed by atoms with Crippen LogP contribution in [0.25, 0.3) is 10.8 Å². The van der Waals surface area contributed by atoms with E-state index in [0.29, 0.717) is 25.8 Å². The van der Waals surface area contributed by atoms with Crippen molar-refractivity contribution in [1.29, 1.82) is 0 Å². The molecule has 0 aliphatic carbocycles. The van der Waals surface area contributed by atoms with Crippen molar-refractivity contribution in [3.8, 4) is 0 Å². The van der Waals surface area contributed by atoms with Gasteiger partial charge in [0.05, 0.1) is 17.0 Å². The molecule has 0 aromatic heterocycles. The minimum atomic E-state index is -0.638. The van der Waals surface area contributed by atoms with E-state index in [4.69, 9.17) is 0 Å². The van der Waals surface area contributed by atoms with Gasteiger partial charge in [-0.1, -0.05) is 127 Å². The molecule has 4 heterocycles. The molecule has 0 unspecified atom stereocenters. The van der Waals surface area contributed by atoms with Crippen molar-refractivity contribution in [3.63, 3.8) is 0 Å². The summed E-state index contributed by atoms with van der Waals surface area (Å²) in [5, 5.41) is 8.33. The topological polar surface area (TPSA) is 55.9 Å². The van der Waals surface area contributed by atoms with Gasteiger partial charge in [0.1, 0.15) is 0 Å². The minimum Gasteiger partial charge on any atom is -0.273 e. The molecule has 4 aliphatic heterocycles. The van der Waals surface area contributed by atoms with Crippen molar-refractivity contribution in [2.75, 3.05) is 0 Å². The lowest BCUT2D eigenvalue weighted by molar-refractivity contribution is -0.166. The van der Waals surface area contributed by atoms with E-state index in [9.17, 15) is 4.79 Å². The zero-order chi connectivity index (χ0) is 32.7. The first-order valence-corrected chi connectivity index (χ1v) is 17.2. The first kappa shape index (κ1) is 29.5. The fourth-order valence-corrected chi connectivity index (χ4v) is 9.53. The summed E-state index contributed by atoms with van der Waals surface area (Å²) in [5.41, 5.74) is 8.32. The van der Waals surface area contributed by atoms with E-state index in [1.165, 1.54) is 22.3 Å². The van der Waals surface area contributed by atoms with Crippen molar-refractivity contribution in [2.24, 2.45) is 5.92 Å². The highest BCUT2D eigenvalue weighted by atomic mass is 16.2. The number of carbonyl (C=O) groups excluding carboxylic acids is 2. The summed E-state index contributed by atoms with van der Waals surface area (Å²) in [6.45, 7) is 4.65. The molecule has 3 saturated heterocycles. The van der Waals surface area contributed by atoms with Gasteiger partial charge in [-0.15, -0.1) is 0 Å². The molecule has 3 atom stereocenters. The predicted molar refractivity (Wildman–Crippen MR) is 187 cm³/mol. The summed E-state index contributed by atoms with van der Waals surface area (Å²) < 4.78 is 0. The Labute approximate surface area is 281 Å². The Hall–Kier alpha value is -4.62. The third-order valence-electron chi connectivity index (χ3n) is 11.7. The third-order valence-corrected chi connectivity index (χ3v) is 11.7. The number of imide groups is 1. The molecular formula is C42H40N4O2. The van der Waals surface area contributed by atoms with E-state index in [0.717, 1.165) is 22.8 Å². The second-order valence-corrected chi connectivity index (χ2v) is 14.8. The van der Waals surface area contributed by atoms with E-state index in [2.05, 4.69) is 151 Å². The molecule has 4 aliphatic rings. The van der Waals surface area contributed by atoms with Gasteiger partial charge in [-0.2, -0.15) is 0 Å². The molecule has 0 radical (unpaired) electrons. The largest absolute Gasteiger partial charge is 0.273 e. The Kier molecular flexibility index (Phi) is 6.57. The van der Waals surface area contributed by atoms with Gasteiger partial charge in [0.15, 0.2) is 0 Å². The number of rotatable bonds is 5. The number of fused-ring (bicyclic) bond motifs is 2. The van der Waals surface area contributed by atoms with E-state index in [1.54, 1.807) is 5.01 Å². The highest BCUT2D eigenvalue weighted by Crippen LogP contribution is 2.62. The number of nitrogens with one attached hydrogen (secondary N) is 1. The van der Waals surface area contributed by atoms with Crippen molar-refractivity contribution in [1.82, 2.24) is 20.5 Å². The summed E-state index contributed by atoms with van der Waals surface area (Å²) in [6.07, 6.45) is 2.51. The molecule has 2 bridgehead atoms. The number of benzene rings is 5. The minimum absolute atomic E-state index is 0.0891. The average Bonchev–Trinajstić information content (AvgIpc) is 3.67. The monoisotopic (exact) mass is 632 g/mol. The lowest BCUT2D eigenvalue weighted by Crippen LogP contribution is -2.56. The van der Waals surface area contributed by atoms with E-state index >= 15 is 4.79 Å². The van der Waals surface area contributed by atoms with Crippen LogP contribution >= 0.6 is 0 Å². The quantitative estimate of drug-likeness (QED) is 0.210. The predicted octanol–water partition coefficient (Wildman–Crippen LogP) is 7.09. The summed E-state index contributed by atoms with van der Waals surface area (Å²) in [5.74, 6) is -0.624. The van der Waals surface area contributed by atoms with Crippen LogP contribution in [0.3, 0.4) is 0 Å². The number of carbonyl (C=O) groups is 2. The van der Waals surface area contributed by atoms with Gasteiger partial charge in [-0.3, -0.25) is 9.59 Å². The van der Waals surface area contributed by atoms with Crippen LogP contribution in [-0.2, 0) is 33.6 Å². The second kappa shape index (κ2) is 10.7. The number of hydrazine groups is 2. The SMILES string of the molecule is CC1(C)CC(=O)N(C(=O)[C@H]2C[C@@H]3Cc4ccccc4[C@]24CC(c2ccccc2)(c2ccccc2)NN34)N1Cc1cccc2ccccc12. The van der Waals surface area contributed by atoms with Crippen molar-refractivity contribution >= 4 is 22.6 Å². The van der Waals surface area contributed by atoms with Crippen LogP contribution in [0.15, 0.2) is 127 Å². The van der Waals surface area contributed by atoms with Crippen LogP contribution < -0.4 is 5.43 Å².